The Hall–Kier alpha value is -1.97. The smallest absolute Gasteiger partial charge is 0.336 e. The zero-order valence-corrected chi connectivity index (χ0v) is 12.6. The predicted molar refractivity (Wildman–Crippen MR) is 78.8 cm³/mol. The summed E-state index contributed by atoms with van der Waals surface area (Å²) in [6.45, 7) is 0.803. The molecule has 0 radical (unpaired) electrons. The Bertz CT molecular complexity index is 471. The number of hydrogen-bond donors (Lipinski definition) is 5. The first kappa shape index (κ1) is 20.0. The zero-order valence-electron chi connectivity index (χ0n) is 11.8. The molecule has 124 valence electrons. The van der Waals surface area contributed by atoms with E-state index in [0.717, 1.165) is 19.4 Å². The average molecular weight is 333 g/mol. The van der Waals surface area contributed by atoms with Crippen LogP contribution in [0.2, 0.25) is 0 Å². The van der Waals surface area contributed by atoms with Crippen LogP contribution in [0.3, 0.4) is 0 Å². The molecule has 0 unspecified atom stereocenters. The van der Waals surface area contributed by atoms with Gasteiger partial charge in [-0.1, -0.05) is 6.07 Å². The third-order valence-corrected chi connectivity index (χ3v) is 3.43. The molecule has 1 aromatic heterocycles. The summed E-state index contributed by atoms with van der Waals surface area (Å²) < 4.78 is 0. The highest BCUT2D eigenvalue weighted by Gasteiger charge is 2.40. The van der Waals surface area contributed by atoms with Gasteiger partial charge in [-0.15, -0.1) is 11.3 Å². The number of hydrogen-bond acceptors (Lipinski definition) is 6. The van der Waals surface area contributed by atoms with Gasteiger partial charge >= 0.3 is 17.9 Å². The normalized spacial score (nSPS) is 10.5. The van der Waals surface area contributed by atoms with Gasteiger partial charge in [-0.25, -0.2) is 4.79 Å². The second-order valence-electron chi connectivity index (χ2n) is 4.45. The second-order valence-corrected chi connectivity index (χ2v) is 5.48. The first-order valence-electron chi connectivity index (χ1n) is 6.33. The Kier molecular flexibility index (Phi) is 8.99. The Balaban J connectivity index is 0.000000425. The molecule has 0 aliphatic carbocycles. The van der Waals surface area contributed by atoms with Crippen molar-refractivity contribution in [2.45, 2.75) is 31.3 Å². The fourth-order valence-electron chi connectivity index (χ4n) is 1.45. The molecule has 0 aliphatic rings. The van der Waals surface area contributed by atoms with E-state index in [1.807, 2.05) is 11.3 Å². The van der Waals surface area contributed by atoms with E-state index in [1.54, 1.807) is 0 Å². The number of carboxylic acids is 3. The molecule has 1 aromatic rings. The quantitative estimate of drug-likeness (QED) is 0.457. The van der Waals surface area contributed by atoms with Crippen LogP contribution in [0.25, 0.3) is 0 Å². The zero-order chi connectivity index (χ0) is 17.2. The summed E-state index contributed by atoms with van der Waals surface area (Å²) >= 11 is 1.81. The number of carbonyl (C=O) groups is 3. The minimum absolute atomic E-state index is 0.803. The molecule has 1 rings (SSSR count). The van der Waals surface area contributed by atoms with Gasteiger partial charge in [0.1, 0.15) is 0 Å². The minimum Gasteiger partial charge on any atom is -0.481 e. The number of aliphatic hydroxyl groups is 1. The maximum Gasteiger partial charge on any atom is 0.336 e. The molecule has 6 N–H and O–H groups in total. The van der Waals surface area contributed by atoms with Crippen molar-refractivity contribution in [2.24, 2.45) is 5.73 Å². The van der Waals surface area contributed by atoms with Crippen molar-refractivity contribution >= 4 is 29.2 Å². The number of aliphatic carboxylic acids is 3. The molecular weight excluding hydrogens is 314 g/mol. The fourth-order valence-corrected chi connectivity index (χ4v) is 2.20. The summed E-state index contributed by atoms with van der Waals surface area (Å²) in [4.78, 5) is 31.9. The van der Waals surface area contributed by atoms with E-state index in [9.17, 15) is 14.4 Å². The highest BCUT2D eigenvalue weighted by molar-refractivity contribution is 7.09. The van der Waals surface area contributed by atoms with Gasteiger partial charge in [0.05, 0.1) is 12.8 Å². The molecule has 0 saturated heterocycles. The Morgan fingerprint density at radius 1 is 1.14 bits per heavy atom. The van der Waals surface area contributed by atoms with Gasteiger partial charge in [0.25, 0.3) is 0 Å². The molecule has 0 bridgehead atoms. The number of aryl methyl sites for hydroxylation is 1. The van der Waals surface area contributed by atoms with Crippen molar-refractivity contribution in [3.8, 4) is 0 Å². The van der Waals surface area contributed by atoms with E-state index in [2.05, 4.69) is 17.5 Å². The van der Waals surface area contributed by atoms with Gasteiger partial charge in [-0.2, -0.15) is 0 Å². The molecule has 22 heavy (non-hydrogen) atoms. The first-order chi connectivity index (χ1) is 10.2. The van der Waals surface area contributed by atoms with Crippen LogP contribution in [0.4, 0.5) is 0 Å². The van der Waals surface area contributed by atoms with Crippen molar-refractivity contribution in [1.29, 1.82) is 0 Å². The molecule has 0 atom stereocenters. The highest BCUT2D eigenvalue weighted by atomic mass is 32.1. The summed E-state index contributed by atoms with van der Waals surface area (Å²) in [6.07, 6.45) is -0.0298. The van der Waals surface area contributed by atoms with Gasteiger partial charge in [0.15, 0.2) is 5.60 Å². The number of nitrogens with two attached hydrogens (primary N) is 1. The minimum atomic E-state index is -2.74. The summed E-state index contributed by atoms with van der Waals surface area (Å²) in [5, 5.41) is 35.9. The van der Waals surface area contributed by atoms with Crippen LogP contribution in [0, 0.1) is 0 Å². The number of rotatable bonds is 8. The van der Waals surface area contributed by atoms with Crippen molar-refractivity contribution in [2.75, 3.05) is 6.54 Å². The van der Waals surface area contributed by atoms with E-state index >= 15 is 0 Å². The lowest BCUT2D eigenvalue weighted by atomic mass is 9.96. The second kappa shape index (κ2) is 9.87. The van der Waals surface area contributed by atoms with E-state index in [4.69, 9.17) is 26.2 Å². The Morgan fingerprint density at radius 2 is 1.68 bits per heavy atom. The van der Waals surface area contributed by atoms with Crippen LogP contribution in [0.15, 0.2) is 17.5 Å². The van der Waals surface area contributed by atoms with Gasteiger partial charge < -0.3 is 26.2 Å². The van der Waals surface area contributed by atoms with Crippen molar-refractivity contribution in [3.63, 3.8) is 0 Å². The average Bonchev–Trinajstić information content (AvgIpc) is 2.88. The van der Waals surface area contributed by atoms with Crippen LogP contribution >= 0.6 is 11.3 Å². The van der Waals surface area contributed by atoms with Gasteiger partial charge in [-0.3, -0.25) is 9.59 Å². The highest BCUT2D eigenvalue weighted by Crippen LogP contribution is 2.15. The predicted octanol–water partition coefficient (Wildman–Crippen LogP) is 0.391. The van der Waals surface area contributed by atoms with Crippen LogP contribution in [-0.2, 0) is 20.8 Å². The van der Waals surface area contributed by atoms with E-state index in [-0.39, 0.29) is 0 Å². The lowest BCUT2D eigenvalue weighted by Crippen LogP contribution is -2.42. The molecule has 1 heterocycles. The summed E-state index contributed by atoms with van der Waals surface area (Å²) in [6, 6.07) is 4.23. The lowest BCUT2D eigenvalue weighted by Gasteiger charge is -2.18. The Morgan fingerprint density at radius 3 is 2.00 bits per heavy atom. The van der Waals surface area contributed by atoms with Gasteiger partial charge in [0, 0.05) is 4.88 Å². The summed E-state index contributed by atoms with van der Waals surface area (Å²) in [5.41, 5.74) is 2.61. The topological polar surface area (TPSA) is 158 Å². The summed E-state index contributed by atoms with van der Waals surface area (Å²) in [7, 11) is 0. The monoisotopic (exact) mass is 333 g/mol. The maximum atomic E-state index is 10.3. The number of thiophene rings is 1. The standard InChI is InChI=1S/C7H11NS.C6H8O7/c8-5-1-3-7-4-2-6-9-7;7-3(8)1-6(13,5(11)12)2-4(9)10/h2,4,6H,1,3,5,8H2;13H,1-2H2,(H,7,8)(H,9,10)(H,11,12). The molecule has 0 fully saturated rings. The molecule has 0 spiro atoms. The van der Waals surface area contributed by atoms with Gasteiger partial charge in [-0.05, 0) is 30.8 Å². The van der Waals surface area contributed by atoms with E-state index < -0.39 is 36.4 Å². The van der Waals surface area contributed by atoms with Crippen molar-refractivity contribution < 1.29 is 34.8 Å². The van der Waals surface area contributed by atoms with Crippen LogP contribution in [-0.4, -0.2) is 50.5 Å². The largest absolute Gasteiger partial charge is 0.481 e. The van der Waals surface area contributed by atoms with Crippen molar-refractivity contribution in [3.05, 3.63) is 22.4 Å². The summed E-state index contributed by atoms with van der Waals surface area (Å²) in [5.74, 6) is -5.02. The SMILES string of the molecule is NCCCc1cccs1.O=C(O)CC(O)(CC(=O)O)C(=O)O. The fraction of sp³-hybridized carbons (Fsp3) is 0.462. The van der Waals surface area contributed by atoms with E-state index in [1.165, 1.54) is 4.88 Å². The van der Waals surface area contributed by atoms with Gasteiger partial charge in [0.2, 0.25) is 0 Å². The van der Waals surface area contributed by atoms with E-state index in [0.29, 0.717) is 0 Å². The molecular formula is C13H19NO7S. The third-order valence-electron chi connectivity index (χ3n) is 2.49. The molecule has 8 nitrogen and oxygen atoms in total. The van der Waals surface area contributed by atoms with Crippen LogP contribution < -0.4 is 5.73 Å². The first-order valence-corrected chi connectivity index (χ1v) is 7.21. The third kappa shape index (κ3) is 8.35. The lowest BCUT2D eigenvalue weighted by molar-refractivity contribution is -0.170. The maximum absolute atomic E-state index is 10.3. The molecule has 0 saturated carbocycles. The Labute approximate surface area is 130 Å². The molecule has 0 aliphatic heterocycles. The molecule has 0 amide bonds. The van der Waals surface area contributed by atoms with Crippen LogP contribution in [0.1, 0.15) is 24.1 Å². The van der Waals surface area contributed by atoms with Crippen molar-refractivity contribution in [1.82, 2.24) is 0 Å². The number of carboxylic acid groups (broad SMARTS) is 3. The molecule has 0 aromatic carbocycles. The molecule has 9 heteroatoms. The van der Waals surface area contributed by atoms with Crippen LogP contribution in [0.5, 0.6) is 0 Å².